The molecule has 0 bridgehead atoms. The maximum atomic E-state index is 13.5. The Balaban J connectivity index is 2.19. The van der Waals surface area contributed by atoms with E-state index in [1.54, 1.807) is 0 Å². The molecule has 1 aliphatic carbocycles. The van der Waals surface area contributed by atoms with Crippen molar-refractivity contribution in [2.75, 3.05) is 0 Å². The summed E-state index contributed by atoms with van der Waals surface area (Å²) in [5, 5.41) is 8.79. The molecular formula is C12H14F2O2. The molecule has 0 amide bonds. The molecule has 1 saturated carbocycles. The predicted molar refractivity (Wildman–Crippen MR) is 55.2 cm³/mol. The third kappa shape index (κ3) is 2.32. The van der Waals surface area contributed by atoms with Crippen LogP contribution in [0.15, 0.2) is 12.1 Å². The molecule has 0 saturated heterocycles. The number of halogens is 2. The lowest BCUT2D eigenvalue weighted by Crippen LogP contribution is -2.13. The summed E-state index contributed by atoms with van der Waals surface area (Å²) < 4.78 is 32.3. The zero-order chi connectivity index (χ0) is 11.5. The van der Waals surface area contributed by atoms with Gasteiger partial charge in [0.05, 0.1) is 12.7 Å². The molecule has 2 rings (SSSR count). The molecule has 16 heavy (non-hydrogen) atoms. The number of rotatable bonds is 3. The monoisotopic (exact) mass is 228 g/mol. The van der Waals surface area contributed by atoms with Crippen molar-refractivity contribution in [3.63, 3.8) is 0 Å². The Morgan fingerprint density at radius 1 is 1.19 bits per heavy atom. The summed E-state index contributed by atoms with van der Waals surface area (Å²) in [4.78, 5) is 0. The molecule has 4 heteroatoms. The Hall–Kier alpha value is -1.16. The second-order valence-electron chi connectivity index (χ2n) is 4.07. The molecule has 0 aromatic heterocycles. The van der Waals surface area contributed by atoms with Crippen LogP contribution in [0.2, 0.25) is 0 Å². The summed E-state index contributed by atoms with van der Waals surface area (Å²) in [6.45, 7) is -0.377. The molecule has 1 aliphatic rings. The van der Waals surface area contributed by atoms with Gasteiger partial charge in [-0.05, 0) is 43.4 Å². The predicted octanol–water partition coefficient (Wildman–Crippen LogP) is 2.78. The molecule has 0 spiro atoms. The Morgan fingerprint density at radius 3 is 2.25 bits per heavy atom. The van der Waals surface area contributed by atoms with E-state index >= 15 is 0 Å². The lowest BCUT2D eigenvalue weighted by atomic mass is 10.2. The first kappa shape index (κ1) is 11.3. The van der Waals surface area contributed by atoms with Crippen LogP contribution in [0.4, 0.5) is 8.78 Å². The molecule has 0 radical (unpaired) electrons. The Kier molecular flexibility index (Phi) is 3.39. The van der Waals surface area contributed by atoms with Gasteiger partial charge in [0.2, 0.25) is 0 Å². The van der Waals surface area contributed by atoms with Gasteiger partial charge in [0, 0.05) is 0 Å². The topological polar surface area (TPSA) is 29.5 Å². The normalized spacial score (nSPS) is 16.7. The van der Waals surface area contributed by atoms with E-state index in [0.717, 1.165) is 37.8 Å². The number of ether oxygens (including phenoxy) is 1. The van der Waals surface area contributed by atoms with Crippen molar-refractivity contribution < 1.29 is 18.6 Å². The quantitative estimate of drug-likeness (QED) is 0.862. The van der Waals surface area contributed by atoms with Gasteiger partial charge in [-0.2, -0.15) is 0 Å². The minimum Gasteiger partial charge on any atom is -0.484 e. The van der Waals surface area contributed by atoms with Gasteiger partial charge in [0.25, 0.3) is 0 Å². The van der Waals surface area contributed by atoms with Crippen LogP contribution in [0.5, 0.6) is 5.75 Å². The van der Waals surface area contributed by atoms with Crippen LogP contribution in [0.3, 0.4) is 0 Å². The lowest BCUT2D eigenvalue weighted by Gasteiger charge is -2.14. The number of aliphatic hydroxyl groups is 1. The van der Waals surface area contributed by atoms with Gasteiger partial charge in [-0.3, -0.25) is 0 Å². The molecule has 1 N–H and O–H groups in total. The molecule has 0 atom stereocenters. The van der Waals surface area contributed by atoms with Crippen LogP contribution in [-0.4, -0.2) is 11.2 Å². The van der Waals surface area contributed by atoms with Gasteiger partial charge in [0.15, 0.2) is 17.4 Å². The smallest absolute Gasteiger partial charge is 0.191 e. The van der Waals surface area contributed by atoms with E-state index in [4.69, 9.17) is 9.84 Å². The highest BCUT2D eigenvalue weighted by atomic mass is 19.1. The van der Waals surface area contributed by atoms with Crippen molar-refractivity contribution in [1.82, 2.24) is 0 Å². The van der Waals surface area contributed by atoms with Crippen LogP contribution < -0.4 is 4.74 Å². The van der Waals surface area contributed by atoms with Crippen LogP contribution in [0, 0.1) is 11.6 Å². The third-order valence-electron chi connectivity index (χ3n) is 2.83. The fraction of sp³-hybridized carbons (Fsp3) is 0.500. The first-order chi connectivity index (χ1) is 7.70. The Labute approximate surface area is 92.9 Å². The minimum atomic E-state index is -0.740. The van der Waals surface area contributed by atoms with Crippen molar-refractivity contribution in [2.24, 2.45) is 0 Å². The standard InChI is InChI=1S/C12H14F2O2/c13-10-5-8(7-15)6-11(14)12(10)16-9-3-1-2-4-9/h5-6,9,15H,1-4,7H2. The van der Waals surface area contributed by atoms with E-state index in [0.29, 0.717) is 0 Å². The molecule has 88 valence electrons. The largest absolute Gasteiger partial charge is 0.484 e. The van der Waals surface area contributed by atoms with Gasteiger partial charge in [-0.1, -0.05) is 0 Å². The van der Waals surface area contributed by atoms with E-state index in [-0.39, 0.29) is 24.0 Å². The van der Waals surface area contributed by atoms with Gasteiger partial charge < -0.3 is 9.84 Å². The first-order valence-electron chi connectivity index (χ1n) is 5.46. The fourth-order valence-electron chi connectivity index (χ4n) is 1.99. The van der Waals surface area contributed by atoms with Crippen molar-refractivity contribution in [1.29, 1.82) is 0 Å². The maximum absolute atomic E-state index is 13.5. The van der Waals surface area contributed by atoms with E-state index < -0.39 is 11.6 Å². The number of benzene rings is 1. The van der Waals surface area contributed by atoms with Crippen molar-refractivity contribution in [3.05, 3.63) is 29.3 Å². The van der Waals surface area contributed by atoms with Gasteiger partial charge in [0.1, 0.15) is 0 Å². The highest BCUT2D eigenvalue weighted by molar-refractivity contribution is 5.31. The van der Waals surface area contributed by atoms with E-state index in [1.807, 2.05) is 0 Å². The zero-order valence-electron chi connectivity index (χ0n) is 8.88. The Bertz CT molecular complexity index is 350. The summed E-state index contributed by atoms with van der Waals surface area (Å²) in [6.07, 6.45) is 3.70. The number of aliphatic hydroxyl groups excluding tert-OH is 1. The Morgan fingerprint density at radius 2 is 1.75 bits per heavy atom. The molecule has 0 aliphatic heterocycles. The minimum absolute atomic E-state index is 0.0797. The van der Waals surface area contributed by atoms with Crippen LogP contribution in [0.25, 0.3) is 0 Å². The van der Waals surface area contributed by atoms with E-state index in [1.165, 1.54) is 0 Å². The molecule has 0 unspecified atom stereocenters. The van der Waals surface area contributed by atoms with Gasteiger partial charge >= 0.3 is 0 Å². The fourth-order valence-corrected chi connectivity index (χ4v) is 1.99. The average molecular weight is 228 g/mol. The summed E-state index contributed by atoms with van der Waals surface area (Å²) in [5.74, 6) is -1.80. The first-order valence-corrected chi connectivity index (χ1v) is 5.46. The SMILES string of the molecule is OCc1cc(F)c(OC2CCCC2)c(F)c1. The second-order valence-corrected chi connectivity index (χ2v) is 4.07. The molecule has 0 heterocycles. The molecule has 2 nitrogen and oxygen atoms in total. The van der Waals surface area contributed by atoms with E-state index in [9.17, 15) is 8.78 Å². The highest BCUT2D eigenvalue weighted by Crippen LogP contribution is 2.29. The van der Waals surface area contributed by atoms with Gasteiger partial charge in [-0.15, -0.1) is 0 Å². The van der Waals surface area contributed by atoms with Crippen molar-refractivity contribution >= 4 is 0 Å². The average Bonchev–Trinajstić information content (AvgIpc) is 2.75. The van der Waals surface area contributed by atoms with Crippen molar-refractivity contribution in [2.45, 2.75) is 38.4 Å². The molecular weight excluding hydrogens is 214 g/mol. The molecule has 1 fully saturated rings. The third-order valence-corrected chi connectivity index (χ3v) is 2.83. The molecule has 1 aromatic rings. The zero-order valence-corrected chi connectivity index (χ0v) is 8.88. The number of hydrogen-bond donors (Lipinski definition) is 1. The molecule has 1 aromatic carbocycles. The van der Waals surface area contributed by atoms with Crippen LogP contribution in [-0.2, 0) is 6.61 Å². The van der Waals surface area contributed by atoms with E-state index in [2.05, 4.69) is 0 Å². The highest BCUT2D eigenvalue weighted by Gasteiger charge is 2.21. The van der Waals surface area contributed by atoms with Crippen LogP contribution >= 0.6 is 0 Å². The summed E-state index contributed by atoms with van der Waals surface area (Å²) in [7, 11) is 0. The number of hydrogen-bond acceptors (Lipinski definition) is 2. The maximum Gasteiger partial charge on any atom is 0.191 e. The second kappa shape index (κ2) is 4.78. The van der Waals surface area contributed by atoms with Crippen molar-refractivity contribution in [3.8, 4) is 5.75 Å². The summed E-state index contributed by atoms with van der Waals surface area (Å²) >= 11 is 0. The summed E-state index contributed by atoms with van der Waals surface area (Å²) in [5.41, 5.74) is 0.216. The summed E-state index contributed by atoms with van der Waals surface area (Å²) in [6, 6.07) is 2.21. The van der Waals surface area contributed by atoms with Crippen LogP contribution in [0.1, 0.15) is 31.2 Å². The lowest BCUT2D eigenvalue weighted by molar-refractivity contribution is 0.190. The van der Waals surface area contributed by atoms with Gasteiger partial charge in [-0.25, -0.2) is 8.78 Å².